The van der Waals surface area contributed by atoms with Crippen molar-refractivity contribution >= 4 is 11.8 Å². The molecule has 2 rings (SSSR count). The van der Waals surface area contributed by atoms with Crippen LogP contribution < -0.4 is 10.6 Å². The maximum atomic E-state index is 12.4. The summed E-state index contributed by atoms with van der Waals surface area (Å²) >= 11 is 0. The largest absolute Gasteiger partial charge is 0.351 e. The van der Waals surface area contributed by atoms with Gasteiger partial charge in [0.05, 0.1) is 6.04 Å². The Morgan fingerprint density at radius 3 is 2.31 bits per heavy atom. The van der Waals surface area contributed by atoms with Gasteiger partial charge in [-0.25, -0.2) is 4.98 Å². The lowest BCUT2D eigenvalue weighted by molar-refractivity contribution is 0.0933. The molecule has 1 aromatic carbocycles. The molecule has 2 N–H and O–H groups in total. The van der Waals surface area contributed by atoms with E-state index in [4.69, 9.17) is 0 Å². The molecule has 0 aliphatic rings. The van der Waals surface area contributed by atoms with Crippen LogP contribution in [0.3, 0.4) is 0 Å². The van der Waals surface area contributed by atoms with Crippen molar-refractivity contribution in [1.29, 1.82) is 0 Å². The first kappa shape index (κ1) is 19.6. The van der Waals surface area contributed by atoms with Gasteiger partial charge in [-0.05, 0) is 51.7 Å². The lowest BCUT2D eigenvalue weighted by Crippen LogP contribution is -2.30. The monoisotopic (exact) mass is 354 g/mol. The van der Waals surface area contributed by atoms with Crippen LogP contribution in [0.1, 0.15) is 45.9 Å². The van der Waals surface area contributed by atoms with E-state index >= 15 is 0 Å². The first-order chi connectivity index (χ1) is 12.5. The number of nitrogens with zero attached hydrogens (tertiary/aromatic N) is 2. The van der Waals surface area contributed by atoms with E-state index in [1.807, 2.05) is 51.4 Å². The Hall–Kier alpha value is -2.73. The number of carbonyl (C=O) groups excluding carboxylic acids is 2. The lowest BCUT2D eigenvalue weighted by Gasteiger charge is -2.14. The molecular weight excluding hydrogens is 328 g/mol. The minimum absolute atomic E-state index is 0.144. The molecular formula is C20H26N4O2. The Labute approximate surface area is 154 Å². The summed E-state index contributed by atoms with van der Waals surface area (Å²) in [5, 5.41) is 5.73. The van der Waals surface area contributed by atoms with Crippen molar-refractivity contribution in [2.24, 2.45) is 0 Å². The van der Waals surface area contributed by atoms with E-state index in [0.29, 0.717) is 6.54 Å². The third-order valence-electron chi connectivity index (χ3n) is 3.93. The molecule has 1 atom stereocenters. The lowest BCUT2D eigenvalue weighted by atomic mass is 10.1. The van der Waals surface area contributed by atoms with Crippen LogP contribution in [-0.4, -0.2) is 48.9 Å². The molecule has 0 bridgehead atoms. The van der Waals surface area contributed by atoms with Crippen LogP contribution in [0.25, 0.3) is 0 Å². The smallest absolute Gasteiger partial charge is 0.270 e. The van der Waals surface area contributed by atoms with E-state index < -0.39 is 0 Å². The second kappa shape index (κ2) is 9.68. The molecule has 138 valence electrons. The van der Waals surface area contributed by atoms with Gasteiger partial charge in [-0.3, -0.25) is 9.59 Å². The summed E-state index contributed by atoms with van der Waals surface area (Å²) in [4.78, 5) is 30.9. The molecule has 0 saturated heterocycles. The van der Waals surface area contributed by atoms with Gasteiger partial charge >= 0.3 is 0 Å². The van der Waals surface area contributed by atoms with Crippen LogP contribution in [0.4, 0.5) is 0 Å². The number of amides is 2. The first-order valence-corrected chi connectivity index (χ1v) is 8.73. The standard InChI is InChI=1S/C20H26N4O2/c1-15(16-9-5-4-6-10-16)22-20(26)18-12-7-11-17(23-18)19(25)21-13-8-14-24(2)3/h4-7,9-12,15H,8,13-14H2,1-3H3,(H,21,25)(H,22,26). The van der Waals surface area contributed by atoms with E-state index in [9.17, 15) is 9.59 Å². The van der Waals surface area contributed by atoms with Crippen LogP contribution in [0.15, 0.2) is 48.5 Å². The molecule has 2 aromatic rings. The number of carbonyl (C=O) groups is 2. The SMILES string of the molecule is CC(NC(=O)c1cccc(C(=O)NCCCN(C)C)n1)c1ccccc1. The van der Waals surface area contributed by atoms with Gasteiger partial charge in [0.2, 0.25) is 0 Å². The molecule has 2 amide bonds. The molecule has 0 radical (unpaired) electrons. The van der Waals surface area contributed by atoms with Gasteiger partial charge in [-0.1, -0.05) is 36.4 Å². The molecule has 6 nitrogen and oxygen atoms in total. The molecule has 6 heteroatoms. The number of nitrogens with one attached hydrogen (secondary N) is 2. The summed E-state index contributed by atoms with van der Waals surface area (Å²) < 4.78 is 0. The zero-order chi connectivity index (χ0) is 18.9. The van der Waals surface area contributed by atoms with Crippen LogP contribution in [0, 0.1) is 0 Å². The predicted molar refractivity (Wildman–Crippen MR) is 102 cm³/mol. The fraction of sp³-hybridized carbons (Fsp3) is 0.350. The first-order valence-electron chi connectivity index (χ1n) is 8.73. The highest BCUT2D eigenvalue weighted by Gasteiger charge is 2.15. The normalized spacial score (nSPS) is 11.8. The van der Waals surface area contributed by atoms with Gasteiger partial charge in [-0.2, -0.15) is 0 Å². The van der Waals surface area contributed by atoms with Crippen LogP contribution in [0.5, 0.6) is 0 Å². The van der Waals surface area contributed by atoms with Crippen molar-refractivity contribution in [1.82, 2.24) is 20.5 Å². The average molecular weight is 354 g/mol. The fourth-order valence-electron chi connectivity index (χ4n) is 2.47. The Kier molecular flexibility index (Phi) is 7.29. The van der Waals surface area contributed by atoms with Crippen molar-refractivity contribution in [2.45, 2.75) is 19.4 Å². The quantitative estimate of drug-likeness (QED) is 0.713. The van der Waals surface area contributed by atoms with E-state index in [2.05, 4.69) is 20.5 Å². The second-order valence-corrected chi connectivity index (χ2v) is 6.43. The molecule has 0 saturated carbocycles. The zero-order valence-electron chi connectivity index (χ0n) is 15.5. The second-order valence-electron chi connectivity index (χ2n) is 6.43. The van der Waals surface area contributed by atoms with Crippen LogP contribution >= 0.6 is 0 Å². The third kappa shape index (κ3) is 5.97. The van der Waals surface area contributed by atoms with Gasteiger partial charge in [0.1, 0.15) is 11.4 Å². The summed E-state index contributed by atoms with van der Waals surface area (Å²) in [7, 11) is 3.98. The van der Waals surface area contributed by atoms with E-state index in [-0.39, 0.29) is 29.2 Å². The Morgan fingerprint density at radius 2 is 1.65 bits per heavy atom. The third-order valence-corrected chi connectivity index (χ3v) is 3.93. The minimum Gasteiger partial charge on any atom is -0.351 e. The summed E-state index contributed by atoms with van der Waals surface area (Å²) in [6.07, 6.45) is 0.855. The summed E-state index contributed by atoms with van der Waals surface area (Å²) in [5.74, 6) is -0.571. The predicted octanol–water partition coefficient (Wildman–Crippen LogP) is 2.25. The topological polar surface area (TPSA) is 74.3 Å². The van der Waals surface area contributed by atoms with Crippen molar-refractivity contribution in [3.8, 4) is 0 Å². The summed E-state index contributed by atoms with van der Waals surface area (Å²) in [5.41, 5.74) is 1.49. The van der Waals surface area contributed by atoms with Crippen molar-refractivity contribution < 1.29 is 9.59 Å². The average Bonchev–Trinajstić information content (AvgIpc) is 2.65. The van der Waals surface area contributed by atoms with Crippen LogP contribution in [-0.2, 0) is 0 Å². The van der Waals surface area contributed by atoms with Crippen molar-refractivity contribution in [2.75, 3.05) is 27.2 Å². The van der Waals surface area contributed by atoms with Gasteiger partial charge in [0, 0.05) is 6.54 Å². The molecule has 26 heavy (non-hydrogen) atoms. The van der Waals surface area contributed by atoms with E-state index in [1.54, 1.807) is 18.2 Å². The molecule has 0 aliphatic heterocycles. The maximum Gasteiger partial charge on any atom is 0.270 e. The van der Waals surface area contributed by atoms with Crippen molar-refractivity contribution in [3.05, 3.63) is 65.5 Å². The number of hydrogen-bond acceptors (Lipinski definition) is 4. The summed E-state index contributed by atoms with van der Waals surface area (Å²) in [6, 6.07) is 14.4. The Balaban J connectivity index is 1.95. The Morgan fingerprint density at radius 1 is 1.00 bits per heavy atom. The van der Waals surface area contributed by atoms with E-state index in [1.165, 1.54) is 0 Å². The number of pyridine rings is 1. The molecule has 0 aliphatic carbocycles. The number of hydrogen-bond donors (Lipinski definition) is 2. The van der Waals surface area contributed by atoms with Crippen molar-refractivity contribution in [3.63, 3.8) is 0 Å². The highest BCUT2D eigenvalue weighted by Crippen LogP contribution is 2.12. The number of aromatic nitrogens is 1. The highest BCUT2D eigenvalue weighted by atomic mass is 16.2. The highest BCUT2D eigenvalue weighted by molar-refractivity contribution is 5.96. The summed E-state index contributed by atoms with van der Waals surface area (Å²) in [6.45, 7) is 3.38. The maximum absolute atomic E-state index is 12.4. The molecule has 1 heterocycles. The fourth-order valence-corrected chi connectivity index (χ4v) is 2.47. The number of rotatable bonds is 8. The molecule has 1 aromatic heterocycles. The van der Waals surface area contributed by atoms with Gasteiger partial charge in [-0.15, -0.1) is 0 Å². The Bertz CT molecular complexity index is 732. The van der Waals surface area contributed by atoms with E-state index in [0.717, 1.165) is 18.5 Å². The van der Waals surface area contributed by atoms with Gasteiger partial charge in [0.25, 0.3) is 11.8 Å². The van der Waals surface area contributed by atoms with Gasteiger partial charge in [0.15, 0.2) is 0 Å². The van der Waals surface area contributed by atoms with Crippen LogP contribution in [0.2, 0.25) is 0 Å². The minimum atomic E-state index is -0.302. The molecule has 1 unspecified atom stereocenters. The van der Waals surface area contributed by atoms with Gasteiger partial charge < -0.3 is 15.5 Å². The molecule has 0 spiro atoms. The zero-order valence-corrected chi connectivity index (χ0v) is 15.5. The molecule has 0 fully saturated rings. The number of benzene rings is 1.